The third kappa shape index (κ3) is 5.91. The number of nitrogens with one attached hydrogen (secondary N) is 2. The van der Waals surface area contributed by atoms with Crippen LogP contribution in [0.3, 0.4) is 0 Å². The number of hydrogen-bond donors (Lipinski definition) is 2. The Morgan fingerprint density at radius 2 is 1.61 bits per heavy atom. The van der Waals surface area contributed by atoms with Gasteiger partial charge in [0.2, 0.25) is 5.91 Å². The third-order valence-electron chi connectivity index (χ3n) is 6.50. The van der Waals surface area contributed by atoms with E-state index < -0.39 is 20.5 Å². The highest BCUT2D eigenvalue weighted by Crippen LogP contribution is 2.33. The molecule has 0 saturated heterocycles. The maximum atomic E-state index is 13.4. The number of nitro benzene ring substituents is 1. The standard InChI is InChI=1S/C27H31N3O5S/c1-4-25(20-12-8-7-9-13-20)26(31)28-27(5-2,6-3)21-14-10-15-22(18-21)29-36(34,35)24-17-11-16-23(19-24)30(32)33/h7-19,25,29H,4-6H2,1-3H3,(H,28,31). The Bertz CT molecular complexity index is 1320. The van der Waals surface area contributed by atoms with Crippen LogP contribution in [0.15, 0.2) is 83.8 Å². The lowest BCUT2D eigenvalue weighted by molar-refractivity contribution is -0.385. The molecule has 0 saturated carbocycles. The van der Waals surface area contributed by atoms with Gasteiger partial charge in [0.1, 0.15) is 0 Å². The maximum absolute atomic E-state index is 13.4. The zero-order chi connectivity index (χ0) is 26.3. The second-order valence-corrected chi connectivity index (χ2v) is 10.3. The van der Waals surface area contributed by atoms with Gasteiger partial charge in [-0.25, -0.2) is 8.42 Å². The van der Waals surface area contributed by atoms with Crippen LogP contribution >= 0.6 is 0 Å². The molecule has 36 heavy (non-hydrogen) atoms. The zero-order valence-electron chi connectivity index (χ0n) is 20.6. The predicted octanol–water partition coefficient (Wildman–Crippen LogP) is 5.72. The molecular weight excluding hydrogens is 478 g/mol. The Morgan fingerprint density at radius 3 is 2.22 bits per heavy atom. The van der Waals surface area contributed by atoms with E-state index in [4.69, 9.17) is 0 Å². The smallest absolute Gasteiger partial charge is 0.270 e. The summed E-state index contributed by atoms with van der Waals surface area (Å²) in [6, 6.07) is 21.4. The molecule has 0 fully saturated rings. The highest BCUT2D eigenvalue weighted by molar-refractivity contribution is 7.92. The summed E-state index contributed by atoms with van der Waals surface area (Å²) in [6.07, 6.45) is 1.84. The molecule has 0 spiro atoms. The van der Waals surface area contributed by atoms with Gasteiger partial charge in [-0.05, 0) is 48.6 Å². The molecule has 3 rings (SSSR count). The van der Waals surface area contributed by atoms with Crippen molar-refractivity contribution in [2.45, 2.75) is 56.4 Å². The minimum absolute atomic E-state index is 0.0880. The summed E-state index contributed by atoms with van der Waals surface area (Å²) in [6.45, 7) is 5.93. The topological polar surface area (TPSA) is 118 Å². The molecule has 0 aliphatic rings. The number of nitro groups is 1. The molecule has 0 heterocycles. The van der Waals surface area contributed by atoms with Crippen LogP contribution in [-0.4, -0.2) is 19.2 Å². The summed E-state index contributed by atoms with van der Waals surface area (Å²) < 4.78 is 28.4. The number of rotatable bonds is 11. The number of anilines is 1. The van der Waals surface area contributed by atoms with Crippen molar-refractivity contribution in [3.05, 3.63) is 100 Å². The zero-order valence-corrected chi connectivity index (χ0v) is 21.4. The molecule has 0 aromatic heterocycles. The lowest BCUT2D eigenvalue weighted by Crippen LogP contribution is -2.47. The summed E-state index contributed by atoms with van der Waals surface area (Å²) in [5.41, 5.74) is 0.996. The van der Waals surface area contributed by atoms with Crippen molar-refractivity contribution < 1.29 is 18.1 Å². The molecule has 8 nitrogen and oxygen atoms in total. The molecule has 0 aliphatic heterocycles. The largest absolute Gasteiger partial charge is 0.346 e. The minimum atomic E-state index is -4.06. The average molecular weight is 510 g/mol. The first-order valence-corrected chi connectivity index (χ1v) is 13.4. The van der Waals surface area contributed by atoms with Crippen molar-refractivity contribution in [1.29, 1.82) is 0 Å². The molecule has 190 valence electrons. The maximum Gasteiger partial charge on any atom is 0.270 e. The van der Waals surface area contributed by atoms with E-state index >= 15 is 0 Å². The first kappa shape index (κ1) is 26.9. The van der Waals surface area contributed by atoms with Gasteiger partial charge in [0.05, 0.1) is 21.3 Å². The fraction of sp³-hybridized carbons (Fsp3) is 0.296. The molecule has 1 unspecified atom stereocenters. The van der Waals surface area contributed by atoms with E-state index in [0.29, 0.717) is 24.9 Å². The van der Waals surface area contributed by atoms with Crippen molar-refractivity contribution in [1.82, 2.24) is 5.32 Å². The van der Waals surface area contributed by atoms with Crippen LogP contribution in [0.2, 0.25) is 0 Å². The quantitative estimate of drug-likeness (QED) is 0.253. The Kier molecular flexibility index (Phi) is 8.47. The number of non-ortho nitro benzene ring substituents is 1. The normalized spacial score (nSPS) is 12.5. The van der Waals surface area contributed by atoms with E-state index in [1.54, 1.807) is 18.2 Å². The lowest BCUT2D eigenvalue weighted by atomic mass is 9.83. The number of carbonyl (C=O) groups is 1. The monoisotopic (exact) mass is 509 g/mol. The van der Waals surface area contributed by atoms with Crippen LogP contribution in [0.1, 0.15) is 57.1 Å². The Hall–Kier alpha value is -3.72. The van der Waals surface area contributed by atoms with Gasteiger partial charge in [-0.15, -0.1) is 0 Å². The highest BCUT2D eigenvalue weighted by atomic mass is 32.2. The van der Waals surface area contributed by atoms with Crippen LogP contribution in [-0.2, 0) is 20.4 Å². The van der Waals surface area contributed by atoms with E-state index in [9.17, 15) is 23.3 Å². The van der Waals surface area contributed by atoms with Gasteiger partial charge in [-0.2, -0.15) is 0 Å². The van der Waals surface area contributed by atoms with Crippen molar-refractivity contribution in [3.8, 4) is 0 Å². The number of carbonyl (C=O) groups excluding carboxylic acids is 1. The molecule has 3 aromatic carbocycles. The van der Waals surface area contributed by atoms with Gasteiger partial charge in [-0.3, -0.25) is 19.6 Å². The first-order valence-electron chi connectivity index (χ1n) is 11.9. The van der Waals surface area contributed by atoms with Crippen molar-refractivity contribution in [3.63, 3.8) is 0 Å². The van der Waals surface area contributed by atoms with Gasteiger partial charge in [0.25, 0.3) is 15.7 Å². The summed E-state index contributed by atoms with van der Waals surface area (Å²) in [5, 5.41) is 14.3. The Balaban J connectivity index is 1.90. The summed E-state index contributed by atoms with van der Waals surface area (Å²) >= 11 is 0. The molecular formula is C27H31N3O5S. The van der Waals surface area contributed by atoms with E-state index in [1.807, 2.05) is 57.2 Å². The van der Waals surface area contributed by atoms with Gasteiger partial charge in [0.15, 0.2) is 0 Å². The summed E-state index contributed by atoms with van der Waals surface area (Å²) in [4.78, 5) is 23.6. The van der Waals surface area contributed by atoms with Gasteiger partial charge in [-0.1, -0.05) is 69.3 Å². The van der Waals surface area contributed by atoms with Crippen LogP contribution < -0.4 is 10.0 Å². The van der Waals surface area contributed by atoms with Gasteiger partial charge in [0, 0.05) is 17.8 Å². The summed E-state index contributed by atoms with van der Waals surface area (Å²) in [7, 11) is -4.06. The predicted molar refractivity (Wildman–Crippen MR) is 140 cm³/mol. The highest BCUT2D eigenvalue weighted by Gasteiger charge is 2.33. The van der Waals surface area contributed by atoms with E-state index in [1.165, 1.54) is 18.2 Å². The van der Waals surface area contributed by atoms with Crippen LogP contribution in [0, 0.1) is 10.1 Å². The molecule has 1 atom stereocenters. The number of nitrogens with zero attached hydrogens (tertiary/aromatic N) is 1. The van der Waals surface area contributed by atoms with Gasteiger partial charge >= 0.3 is 0 Å². The fourth-order valence-electron chi connectivity index (χ4n) is 4.35. The third-order valence-corrected chi connectivity index (χ3v) is 7.88. The van der Waals surface area contributed by atoms with Crippen molar-refractivity contribution in [2.75, 3.05) is 4.72 Å². The van der Waals surface area contributed by atoms with Crippen LogP contribution in [0.25, 0.3) is 0 Å². The van der Waals surface area contributed by atoms with Gasteiger partial charge < -0.3 is 5.32 Å². The average Bonchev–Trinajstić information content (AvgIpc) is 2.88. The lowest BCUT2D eigenvalue weighted by Gasteiger charge is -2.35. The fourth-order valence-corrected chi connectivity index (χ4v) is 5.44. The molecule has 0 aliphatic carbocycles. The number of sulfonamides is 1. The van der Waals surface area contributed by atoms with E-state index in [0.717, 1.165) is 17.2 Å². The minimum Gasteiger partial charge on any atom is -0.346 e. The number of hydrogen-bond acceptors (Lipinski definition) is 5. The first-order chi connectivity index (χ1) is 17.2. The summed E-state index contributed by atoms with van der Waals surface area (Å²) in [5.74, 6) is -0.394. The molecule has 9 heteroatoms. The van der Waals surface area contributed by atoms with E-state index in [-0.39, 0.29) is 22.4 Å². The SMILES string of the molecule is CCC(C(=O)NC(CC)(CC)c1cccc(NS(=O)(=O)c2cccc([N+](=O)[O-])c2)c1)c1ccccc1. The molecule has 3 aromatic rings. The molecule has 1 amide bonds. The van der Waals surface area contributed by atoms with Crippen LogP contribution in [0.5, 0.6) is 0 Å². The Morgan fingerprint density at radius 1 is 0.944 bits per heavy atom. The van der Waals surface area contributed by atoms with E-state index in [2.05, 4.69) is 10.0 Å². The van der Waals surface area contributed by atoms with Crippen LogP contribution in [0.4, 0.5) is 11.4 Å². The van der Waals surface area contributed by atoms with Crippen molar-refractivity contribution >= 4 is 27.3 Å². The number of benzene rings is 3. The second-order valence-electron chi connectivity index (χ2n) is 8.59. The number of amides is 1. The molecule has 2 N–H and O–H groups in total. The molecule has 0 radical (unpaired) electrons. The second kappa shape index (κ2) is 11.3. The van der Waals surface area contributed by atoms with Crippen molar-refractivity contribution in [2.24, 2.45) is 0 Å². The Labute approximate surface area is 212 Å². The molecule has 0 bridgehead atoms.